The molecule has 0 aromatic heterocycles. The molecular weight excluding hydrogens is 382 g/mol. The van der Waals surface area contributed by atoms with Gasteiger partial charge in [-0.3, -0.25) is 9.69 Å². The number of ketones is 1. The van der Waals surface area contributed by atoms with Gasteiger partial charge in [-0.15, -0.1) is 0 Å². The molecule has 0 amide bonds. The van der Waals surface area contributed by atoms with Crippen LogP contribution in [-0.2, 0) is 10.2 Å². The van der Waals surface area contributed by atoms with Gasteiger partial charge in [0.25, 0.3) is 0 Å². The lowest BCUT2D eigenvalue weighted by Crippen LogP contribution is -2.36. The monoisotopic (exact) mass is 413 g/mol. The van der Waals surface area contributed by atoms with Crippen molar-refractivity contribution < 1.29 is 9.53 Å². The minimum Gasteiger partial charge on any atom is -0.355 e. The van der Waals surface area contributed by atoms with Gasteiger partial charge in [-0.1, -0.05) is 99.6 Å². The van der Waals surface area contributed by atoms with Crippen LogP contribution in [0.5, 0.6) is 0 Å². The molecule has 4 rings (SSSR count). The zero-order valence-corrected chi connectivity index (χ0v) is 19.0. The van der Waals surface area contributed by atoms with Crippen LogP contribution >= 0.6 is 0 Å². The molecule has 0 saturated carbocycles. The Morgan fingerprint density at radius 3 is 1.97 bits per heavy atom. The van der Waals surface area contributed by atoms with E-state index in [0.717, 1.165) is 16.7 Å². The fourth-order valence-corrected chi connectivity index (χ4v) is 4.42. The molecule has 3 atom stereocenters. The predicted molar refractivity (Wildman–Crippen MR) is 125 cm³/mol. The Bertz CT molecular complexity index is 1050. The van der Waals surface area contributed by atoms with Gasteiger partial charge in [0.1, 0.15) is 12.2 Å². The van der Waals surface area contributed by atoms with E-state index in [9.17, 15) is 4.79 Å². The molecule has 0 fully saturated rings. The fourth-order valence-electron chi connectivity index (χ4n) is 4.42. The highest BCUT2D eigenvalue weighted by Crippen LogP contribution is 2.47. The molecule has 3 nitrogen and oxygen atoms in total. The van der Waals surface area contributed by atoms with E-state index in [1.165, 1.54) is 5.56 Å². The van der Waals surface area contributed by atoms with Gasteiger partial charge in [0.2, 0.25) is 0 Å². The predicted octanol–water partition coefficient (Wildman–Crippen LogP) is 6.28. The molecule has 3 aromatic carbocycles. The number of benzene rings is 3. The number of carbonyl (C=O) groups is 1. The quantitative estimate of drug-likeness (QED) is 0.471. The topological polar surface area (TPSA) is 29.5 Å². The van der Waals surface area contributed by atoms with Gasteiger partial charge in [-0.05, 0) is 41.8 Å². The van der Waals surface area contributed by atoms with Crippen LogP contribution in [0.1, 0.15) is 71.6 Å². The van der Waals surface area contributed by atoms with Crippen LogP contribution in [0.2, 0.25) is 0 Å². The third-order valence-electron chi connectivity index (χ3n) is 6.12. The number of likely N-dealkylation sites (N-methyl/N-ethyl adjacent to an activating group) is 1. The summed E-state index contributed by atoms with van der Waals surface area (Å²) in [4.78, 5) is 15.8. The smallest absolute Gasteiger partial charge is 0.196 e. The Labute approximate surface area is 185 Å². The maximum Gasteiger partial charge on any atom is 0.196 e. The van der Waals surface area contributed by atoms with Crippen molar-refractivity contribution in [1.82, 2.24) is 4.90 Å². The van der Waals surface area contributed by atoms with E-state index in [1.807, 2.05) is 48.5 Å². The largest absolute Gasteiger partial charge is 0.355 e. The van der Waals surface area contributed by atoms with Gasteiger partial charge < -0.3 is 4.74 Å². The van der Waals surface area contributed by atoms with Crippen LogP contribution in [0, 0.1) is 0 Å². The molecule has 0 spiro atoms. The van der Waals surface area contributed by atoms with Crippen molar-refractivity contribution in [1.29, 1.82) is 0 Å². The summed E-state index contributed by atoms with van der Waals surface area (Å²) in [6.45, 7) is 6.53. The average molecular weight is 414 g/mol. The third-order valence-corrected chi connectivity index (χ3v) is 6.12. The summed E-state index contributed by atoms with van der Waals surface area (Å²) < 4.78 is 6.60. The zero-order valence-electron chi connectivity index (χ0n) is 19.0. The van der Waals surface area contributed by atoms with Gasteiger partial charge >= 0.3 is 0 Å². The van der Waals surface area contributed by atoms with Crippen molar-refractivity contribution in [2.24, 2.45) is 0 Å². The molecule has 0 unspecified atom stereocenters. The second-order valence-electron chi connectivity index (χ2n) is 9.58. The van der Waals surface area contributed by atoms with E-state index in [1.54, 1.807) is 0 Å². The summed E-state index contributed by atoms with van der Waals surface area (Å²) in [5.41, 5.74) is 5.13. The van der Waals surface area contributed by atoms with E-state index < -0.39 is 6.10 Å². The van der Waals surface area contributed by atoms with Gasteiger partial charge in [0.15, 0.2) is 5.78 Å². The van der Waals surface area contributed by atoms with Gasteiger partial charge in [-0.25, -0.2) is 0 Å². The highest BCUT2D eigenvalue weighted by atomic mass is 16.5. The van der Waals surface area contributed by atoms with E-state index in [4.69, 9.17) is 4.74 Å². The number of rotatable bonds is 4. The van der Waals surface area contributed by atoms with Gasteiger partial charge in [0.05, 0.1) is 6.04 Å². The first kappa shape index (κ1) is 21.5. The highest BCUT2D eigenvalue weighted by Gasteiger charge is 2.40. The van der Waals surface area contributed by atoms with Crippen molar-refractivity contribution in [2.75, 3.05) is 14.1 Å². The SMILES string of the molecule is CN(C)[C@H]1c2ccccc2[C@@H](C(=O)c2ccc(C(C)(C)C)cc2)O[C@@H]1c1ccccc1. The Balaban J connectivity index is 1.76. The fraction of sp³-hybridized carbons (Fsp3) is 0.321. The summed E-state index contributed by atoms with van der Waals surface area (Å²) >= 11 is 0. The molecule has 3 heteroatoms. The first-order valence-corrected chi connectivity index (χ1v) is 10.9. The van der Waals surface area contributed by atoms with Crippen molar-refractivity contribution in [2.45, 2.75) is 44.4 Å². The summed E-state index contributed by atoms with van der Waals surface area (Å²) in [6.07, 6.45) is -0.855. The van der Waals surface area contributed by atoms with Crippen molar-refractivity contribution in [3.8, 4) is 0 Å². The van der Waals surface area contributed by atoms with E-state index in [-0.39, 0.29) is 23.3 Å². The lowest BCUT2D eigenvalue weighted by Gasteiger charge is -2.41. The molecule has 3 aromatic rings. The molecule has 1 aliphatic heterocycles. The molecule has 31 heavy (non-hydrogen) atoms. The van der Waals surface area contributed by atoms with Crippen LogP contribution in [0.15, 0.2) is 78.9 Å². The van der Waals surface area contributed by atoms with Crippen LogP contribution in [-0.4, -0.2) is 24.8 Å². The van der Waals surface area contributed by atoms with E-state index >= 15 is 0 Å². The van der Waals surface area contributed by atoms with Gasteiger partial charge in [-0.2, -0.15) is 0 Å². The first-order chi connectivity index (χ1) is 14.8. The molecule has 1 heterocycles. The number of ether oxygens (including phenoxy) is 1. The Hall–Kier alpha value is -2.75. The second-order valence-corrected chi connectivity index (χ2v) is 9.58. The number of hydrogen-bond acceptors (Lipinski definition) is 3. The summed E-state index contributed by atoms with van der Waals surface area (Å²) in [7, 11) is 4.13. The number of fused-ring (bicyclic) bond motifs is 1. The molecule has 0 radical (unpaired) electrons. The maximum atomic E-state index is 13.6. The zero-order chi connectivity index (χ0) is 22.2. The van der Waals surface area contributed by atoms with E-state index in [0.29, 0.717) is 5.56 Å². The Morgan fingerprint density at radius 1 is 0.806 bits per heavy atom. The number of Topliss-reactive ketones (excluding diaryl/α,β-unsaturated/α-hetero) is 1. The van der Waals surface area contributed by atoms with Crippen molar-refractivity contribution >= 4 is 5.78 Å². The Kier molecular flexibility index (Phi) is 5.83. The van der Waals surface area contributed by atoms with Crippen LogP contribution in [0.25, 0.3) is 0 Å². The van der Waals surface area contributed by atoms with Crippen LogP contribution in [0.4, 0.5) is 0 Å². The molecule has 0 N–H and O–H groups in total. The normalized spacial score (nSPS) is 21.0. The highest BCUT2D eigenvalue weighted by molar-refractivity contribution is 6.00. The number of nitrogens with zero attached hydrogens (tertiary/aromatic N) is 1. The molecule has 1 aliphatic rings. The minimum absolute atomic E-state index is 0.00560. The third kappa shape index (κ3) is 4.21. The lowest BCUT2D eigenvalue weighted by atomic mass is 9.83. The number of carbonyl (C=O) groups excluding carboxylic acids is 1. The molecule has 0 bridgehead atoms. The molecule has 0 saturated heterocycles. The van der Waals surface area contributed by atoms with Crippen molar-refractivity contribution in [3.63, 3.8) is 0 Å². The molecular formula is C28H31NO2. The number of hydrogen-bond donors (Lipinski definition) is 0. The first-order valence-electron chi connectivity index (χ1n) is 10.9. The standard InChI is InChI=1S/C28H31NO2/c1-28(2,3)21-17-15-19(16-18-21)25(30)27-23-14-10-9-13-22(23)24(29(4)5)26(31-27)20-11-7-6-8-12-20/h6-18,24,26-27H,1-5H3/t24-,26+,27-/m0/s1. The van der Waals surface area contributed by atoms with E-state index in [2.05, 4.69) is 70.1 Å². The maximum absolute atomic E-state index is 13.6. The van der Waals surface area contributed by atoms with Crippen LogP contribution in [0.3, 0.4) is 0 Å². The lowest BCUT2D eigenvalue weighted by molar-refractivity contribution is -0.0579. The summed E-state index contributed by atoms with van der Waals surface area (Å²) in [6, 6.07) is 26.4. The summed E-state index contributed by atoms with van der Waals surface area (Å²) in [5, 5.41) is 0. The van der Waals surface area contributed by atoms with Crippen LogP contribution < -0.4 is 0 Å². The summed E-state index contributed by atoms with van der Waals surface area (Å²) in [5.74, 6) is 0.00560. The Morgan fingerprint density at radius 2 is 1.39 bits per heavy atom. The molecule has 0 aliphatic carbocycles. The minimum atomic E-state index is -0.627. The molecule has 160 valence electrons. The average Bonchev–Trinajstić information content (AvgIpc) is 2.77. The van der Waals surface area contributed by atoms with Gasteiger partial charge in [0, 0.05) is 5.56 Å². The second kappa shape index (κ2) is 8.41. The van der Waals surface area contributed by atoms with Crippen molar-refractivity contribution in [3.05, 3.63) is 107 Å².